The molecule has 0 saturated carbocycles. The van der Waals surface area contributed by atoms with Gasteiger partial charge in [0.15, 0.2) is 0 Å². The molecule has 0 aliphatic carbocycles. The van der Waals surface area contributed by atoms with Crippen molar-refractivity contribution < 1.29 is 22.7 Å². The summed E-state index contributed by atoms with van der Waals surface area (Å²) in [5.74, 6) is -0.416. The molecule has 0 aromatic heterocycles. The largest absolute Gasteiger partial charge is 0.398 e. The summed E-state index contributed by atoms with van der Waals surface area (Å²) in [6, 6.07) is 8.56. The van der Waals surface area contributed by atoms with Crippen LogP contribution in [0.15, 0.2) is 36.4 Å². The van der Waals surface area contributed by atoms with Gasteiger partial charge in [-0.3, -0.25) is 4.79 Å². The molecule has 0 atom stereocenters. The molecule has 5 nitrogen and oxygen atoms in total. The van der Waals surface area contributed by atoms with E-state index in [-0.39, 0.29) is 5.56 Å². The number of nitrogens with two attached hydrogens (primary N) is 1. The number of amides is 1. The van der Waals surface area contributed by atoms with Gasteiger partial charge in [-0.05, 0) is 61.7 Å². The molecule has 2 aromatic carbocycles. The normalized spacial score (nSPS) is 15.4. The summed E-state index contributed by atoms with van der Waals surface area (Å²) in [5, 5.41) is 2.71. The number of hydrogen-bond acceptors (Lipinski definition) is 4. The summed E-state index contributed by atoms with van der Waals surface area (Å²) >= 11 is 0. The quantitative estimate of drug-likeness (QED) is 0.718. The van der Waals surface area contributed by atoms with Crippen LogP contribution in [0.3, 0.4) is 0 Å². The van der Waals surface area contributed by atoms with Gasteiger partial charge in [-0.15, -0.1) is 0 Å². The van der Waals surface area contributed by atoms with Crippen LogP contribution in [-0.4, -0.2) is 32.3 Å². The van der Waals surface area contributed by atoms with Gasteiger partial charge in [0.05, 0.1) is 11.1 Å². The van der Waals surface area contributed by atoms with Crippen molar-refractivity contribution in [2.45, 2.75) is 32.0 Å². The number of alkyl halides is 3. The van der Waals surface area contributed by atoms with Gasteiger partial charge in [-0.2, -0.15) is 8.78 Å². The van der Waals surface area contributed by atoms with Crippen LogP contribution in [0.5, 0.6) is 0 Å². The van der Waals surface area contributed by atoms with Gasteiger partial charge in [0.2, 0.25) is 0 Å². The van der Waals surface area contributed by atoms with E-state index in [9.17, 15) is 18.0 Å². The molecule has 1 fully saturated rings. The third-order valence-corrected chi connectivity index (χ3v) is 5.13. The molecule has 29 heavy (non-hydrogen) atoms. The Hall–Kier alpha value is -2.74. The predicted molar refractivity (Wildman–Crippen MR) is 107 cm³/mol. The Bertz CT molecular complexity index is 879. The fourth-order valence-electron chi connectivity index (χ4n) is 3.31. The first-order valence-corrected chi connectivity index (χ1v) is 9.35. The van der Waals surface area contributed by atoms with Crippen LogP contribution in [0, 0.1) is 6.92 Å². The van der Waals surface area contributed by atoms with Crippen molar-refractivity contribution in [3.05, 3.63) is 53.1 Å². The summed E-state index contributed by atoms with van der Waals surface area (Å²) in [6.07, 6.45) is -3.43. The van der Waals surface area contributed by atoms with Gasteiger partial charge in [0.25, 0.3) is 5.91 Å². The highest BCUT2D eigenvalue weighted by atomic mass is 19.3. The van der Waals surface area contributed by atoms with E-state index in [0.29, 0.717) is 48.6 Å². The summed E-state index contributed by atoms with van der Waals surface area (Å²) in [4.78, 5) is 14.9. The van der Waals surface area contributed by atoms with Gasteiger partial charge in [-0.1, -0.05) is 0 Å². The summed E-state index contributed by atoms with van der Waals surface area (Å²) < 4.78 is 44.8. The number of piperidine rings is 1. The van der Waals surface area contributed by atoms with E-state index < -0.39 is 18.2 Å². The zero-order chi connectivity index (χ0) is 21.2. The maximum absolute atomic E-state index is 13.6. The Balaban J connectivity index is 1.84. The predicted octanol–water partition coefficient (Wildman–Crippen LogP) is 4.46. The molecule has 0 unspecified atom stereocenters. The van der Waals surface area contributed by atoms with Gasteiger partial charge in [0, 0.05) is 37.3 Å². The first kappa shape index (κ1) is 21.0. The van der Waals surface area contributed by atoms with Crippen LogP contribution >= 0.6 is 0 Å². The van der Waals surface area contributed by atoms with Crippen LogP contribution in [0.2, 0.25) is 0 Å². The van der Waals surface area contributed by atoms with Gasteiger partial charge >= 0.3 is 6.11 Å². The standard InChI is InChI=1S/C21H24F3N3O2/c1-13-11-19(27-9-7-15(22)8-10-27)17(12-18(13)25)20(28)26-16-5-3-14(4-6-16)21(23,24)29-2/h3-6,11-12,15H,7-10,25H2,1-2H3,(H,26,28). The van der Waals surface area contributed by atoms with Crippen molar-refractivity contribution >= 4 is 23.0 Å². The van der Waals surface area contributed by atoms with Crippen LogP contribution < -0.4 is 16.0 Å². The van der Waals surface area contributed by atoms with E-state index in [4.69, 9.17) is 5.73 Å². The molecule has 8 heteroatoms. The monoisotopic (exact) mass is 407 g/mol. The Morgan fingerprint density at radius 3 is 2.41 bits per heavy atom. The first-order valence-electron chi connectivity index (χ1n) is 9.35. The number of carbonyl (C=O) groups excluding carboxylic acids is 1. The third-order valence-electron chi connectivity index (χ3n) is 5.13. The van der Waals surface area contributed by atoms with Crippen LogP contribution in [0.4, 0.5) is 30.2 Å². The average molecular weight is 407 g/mol. The fraction of sp³-hybridized carbons (Fsp3) is 0.381. The van der Waals surface area contributed by atoms with E-state index in [2.05, 4.69) is 10.1 Å². The highest BCUT2D eigenvalue weighted by Gasteiger charge is 2.31. The maximum Gasteiger partial charge on any atom is 0.383 e. The molecule has 2 aromatic rings. The van der Waals surface area contributed by atoms with Crippen LogP contribution in [0.1, 0.15) is 34.3 Å². The Labute approximate surface area is 167 Å². The molecule has 0 bridgehead atoms. The number of benzene rings is 2. The van der Waals surface area contributed by atoms with Crippen molar-refractivity contribution in [1.82, 2.24) is 0 Å². The van der Waals surface area contributed by atoms with E-state index in [0.717, 1.165) is 12.7 Å². The molecule has 3 rings (SSSR count). The van der Waals surface area contributed by atoms with Crippen LogP contribution in [-0.2, 0) is 10.8 Å². The molecule has 156 valence electrons. The number of nitrogen functional groups attached to an aromatic ring is 1. The van der Waals surface area contributed by atoms with Crippen molar-refractivity contribution in [2.24, 2.45) is 0 Å². The number of rotatable bonds is 5. The molecular formula is C21H24F3N3O2. The molecule has 1 amide bonds. The highest BCUT2D eigenvalue weighted by Crippen LogP contribution is 2.31. The zero-order valence-corrected chi connectivity index (χ0v) is 16.3. The lowest BCUT2D eigenvalue weighted by atomic mass is 10.0. The molecule has 1 heterocycles. The van der Waals surface area contributed by atoms with Crippen molar-refractivity contribution in [3.8, 4) is 0 Å². The van der Waals surface area contributed by atoms with Gasteiger partial charge in [-0.25, -0.2) is 4.39 Å². The highest BCUT2D eigenvalue weighted by molar-refractivity contribution is 6.09. The number of carbonyl (C=O) groups is 1. The topological polar surface area (TPSA) is 67.6 Å². The number of hydrogen-bond donors (Lipinski definition) is 2. The minimum atomic E-state index is -3.40. The molecule has 0 spiro atoms. The fourth-order valence-corrected chi connectivity index (χ4v) is 3.31. The van der Waals surface area contributed by atoms with E-state index >= 15 is 0 Å². The zero-order valence-electron chi connectivity index (χ0n) is 16.3. The smallest absolute Gasteiger partial charge is 0.383 e. The lowest BCUT2D eigenvalue weighted by Gasteiger charge is -2.32. The third kappa shape index (κ3) is 4.64. The molecule has 1 saturated heterocycles. The first-order chi connectivity index (χ1) is 13.7. The second kappa shape index (κ2) is 8.32. The minimum Gasteiger partial charge on any atom is -0.398 e. The summed E-state index contributed by atoms with van der Waals surface area (Å²) in [6.45, 7) is 2.86. The van der Waals surface area contributed by atoms with Crippen molar-refractivity contribution in [1.29, 1.82) is 0 Å². The lowest BCUT2D eigenvalue weighted by molar-refractivity contribution is -0.231. The Morgan fingerprint density at radius 1 is 1.21 bits per heavy atom. The Kier molecular flexibility index (Phi) is 6.02. The number of halogens is 3. The van der Waals surface area contributed by atoms with Crippen LogP contribution in [0.25, 0.3) is 0 Å². The van der Waals surface area contributed by atoms with Crippen molar-refractivity contribution in [2.75, 3.05) is 36.1 Å². The number of methoxy groups -OCH3 is 1. The molecular weight excluding hydrogens is 383 g/mol. The number of nitrogens with one attached hydrogen (secondary N) is 1. The average Bonchev–Trinajstić information content (AvgIpc) is 2.70. The molecule has 3 N–H and O–H groups in total. The molecule has 0 radical (unpaired) electrons. The Morgan fingerprint density at radius 2 is 1.83 bits per heavy atom. The minimum absolute atomic E-state index is 0.313. The summed E-state index contributed by atoms with van der Waals surface area (Å²) in [7, 11) is 0.921. The SMILES string of the molecule is COC(F)(F)c1ccc(NC(=O)c2cc(N)c(C)cc2N2CCC(F)CC2)cc1. The molecule has 1 aliphatic heterocycles. The lowest BCUT2D eigenvalue weighted by Crippen LogP contribution is -2.35. The number of aryl methyl sites for hydroxylation is 1. The number of nitrogens with zero attached hydrogens (tertiary/aromatic N) is 1. The van der Waals surface area contributed by atoms with E-state index in [1.165, 1.54) is 24.3 Å². The summed E-state index contributed by atoms with van der Waals surface area (Å²) in [5.41, 5.74) is 8.38. The second-order valence-corrected chi connectivity index (χ2v) is 7.14. The van der Waals surface area contributed by atoms with Gasteiger partial charge < -0.3 is 20.7 Å². The number of anilines is 3. The molecule has 1 aliphatic rings. The second-order valence-electron chi connectivity index (χ2n) is 7.14. The van der Waals surface area contributed by atoms with Crippen molar-refractivity contribution in [3.63, 3.8) is 0 Å². The van der Waals surface area contributed by atoms with E-state index in [1.54, 1.807) is 6.07 Å². The van der Waals surface area contributed by atoms with E-state index in [1.807, 2.05) is 17.9 Å². The van der Waals surface area contributed by atoms with Gasteiger partial charge in [0.1, 0.15) is 6.17 Å². The number of ether oxygens (including phenoxy) is 1. The maximum atomic E-state index is 13.6.